The Morgan fingerprint density at radius 2 is 2.05 bits per heavy atom. The lowest BCUT2D eigenvalue weighted by molar-refractivity contribution is -0.145. The highest BCUT2D eigenvalue weighted by molar-refractivity contribution is 6.34. The summed E-state index contributed by atoms with van der Waals surface area (Å²) in [5.41, 5.74) is 7.77. The predicted octanol–water partition coefficient (Wildman–Crippen LogP) is -0.0939. The highest BCUT2D eigenvalue weighted by atomic mass is 16.5. The Bertz CT molecular complexity index is 553. The Morgan fingerprint density at radius 1 is 1.38 bits per heavy atom. The summed E-state index contributed by atoms with van der Waals surface area (Å²) in [6.45, 7) is 2.36. The van der Waals surface area contributed by atoms with Gasteiger partial charge in [-0.3, -0.25) is 4.79 Å². The van der Waals surface area contributed by atoms with Gasteiger partial charge in [-0.05, 0) is 12.5 Å². The number of hydrogen-bond acceptors (Lipinski definition) is 5. The average Bonchev–Trinajstić information content (AvgIpc) is 2.45. The number of hydrazone groups is 1. The highest BCUT2D eigenvalue weighted by Crippen LogP contribution is 2.32. The monoisotopic (exact) mass is 291 g/mol. The summed E-state index contributed by atoms with van der Waals surface area (Å²) in [4.78, 5) is 23.6. The van der Waals surface area contributed by atoms with Gasteiger partial charge >= 0.3 is 5.97 Å². The molecular formula is C14H17N3O4. The maximum absolute atomic E-state index is 12.3. The molecule has 1 aromatic carbocycles. The molecule has 0 radical (unpaired) electrons. The lowest BCUT2D eigenvalue weighted by Crippen LogP contribution is -2.57. The molecule has 0 bridgehead atoms. The molecule has 7 nitrogen and oxygen atoms in total. The first kappa shape index (κ1) is 15.0. The second-order valence-corrected chi connectivity index (χ2v) is 4.60. The number of carbonyl (C=O) groups is 2. The van der Waals surface area contributed by atoms with Crippen molar-refractivity contribution in [3.8, 4) is 0 Å². The average molecular weight is 291 g/mol. The van der Waals surface area contributed by atoms with E-state index < -0.39 is 17.2 Å². The van der Waals surface area contributed by atoms with E-state index in [2.05, 4.69) is 15.3 Å². The van der Waals surface area contributed by atoms with Gasteiger partial charge in [-0.15, -0.1) is 5.10 Å². The fourth-order valence-electron chi connectivity index (χ4n) is 1.96. The quantitative estimate of drug-likeness (QED) is 0.349. The number of carbonyl (C=O) groups excluding carboxylic acids is 2. The molecule has 7 heteroatoms. The number of amides is 1. The normalized spacial score (nSPS) is 16.7. The first-order valence-corrected chi connectivity index (χ1v) is 6.54. The Labute approximate surface area is 122 Å². The Balaban J connectivity index is 2.09. The Morgan fingerprint density at radius 3 is 2.57 bits per heavy atom. The van der Waals surface area contributed by atoms with Crippen molar-refractivity contribution in [3.05, 3.63) is 35.9 Å². The molecule has 1 saturated heterocycles. The van der Waals surface area contributed by atoms with E-state index in [1.807, 2.05) is 30.3 Å². The van der Waals surface area contributed by atoms with Crippen LogP contribution in [-0.4, -0.2) is 37.5 Å². The molecule has 2 rings (SSSR count). The van der Waals surface area contributed by atoms with Crippen LogP contribution in [0, 0.1) is 0 Å². The van der Waals surface area contributed by atoms with Crippen LogP contribution in [0.1, 0.15) is 12.5 Å². The Kier molecular flexibility index (Phi) is 4.54. The van der Waals surface area contributed by atoms with Gasteiger partial charge in [0.2, 0.25) is 5.84 Å². The van der Waals surface area contributed by atoms with E-state index in [9.17, 15) is 9.59 Å². The number of rotatable bonds is 4. The number of amidine groups is 1. The fraction of sp³-hybridized carbons (Fsp3) is 0.357. The van der Waals surface area contributed by atoms with Gasteiger partial charge in [-0.25, -0.2) is 10.2 Å². The third-order valence-corrected chi connectivity index (χ3v) is 3.22. The second kappa shape index (κ2) is 6.36. The molecule has 1 aliphatic rings. The van der Waals surface area contributed by atoms with Crippen molar-refractivity contribution in [2.24, 2.45) is 10.8 Å². The van der Waals surface area contributed by atoms with Gasteiger partial charge in [0, 0.05) is 0 Å². The molecule has 0 aliphatic carbocycles. The number of nitrogens with zero attached hydrogens (tertiary/aromatic N) is 1. The number of benzene rings is 1. The number of hydrogen-bond donors (Lipinski definition) is 2. The van der Waals surface area contributed by atoms with Crippen molar-refractivity contribution in [3.63, 3.8) is 0 Å². The molecule has 1 fully saturated rings. The molecule has 1 aromatic rings. The molecule has 0 saturated carbocycles. The smallest absolute Gasteiger partial charge is 0.375 e. The largest absolute Gasteiger partial charge is 0.460 e. The molecule has 0 atom stereocenters. The zero-order chi connectivity index (χ0) is 15.3. The molecule has 112 valence electrons. The SMILES string of the molecule is CCOC(=O)/C(N)=N/NC(=O)C1(c2ccccc2)COC1. The number of esters is 1. The minimum atomic E-state index is -0.792. The molecular weight excluding hydrogens is 274 g/mol. The fourth-order valence-corrected chi connectivity index (χ4v) is 1.96. The number of ether oxygens (including phenoxy) is 2. The molecule has 1 amide bonds. The van der Waals surface area contributed by atoms with Crippen molar-refractivity contribution < 1.29 is 19.1 Å². The highest BCUT2D eigenvalue weighted by Gasteiger charge is 2.47. The molecule has 21 heavy (non-hydrogen) atoms. The van der Waals surface area contributed by atoms with Crippen LogP contribution < -0.4 is 11.2 Å². The summed E-state index contributed by atoms with van der Waals surface area (Å²) in [6, 6.07) is 9.25. The zero-order valence-electron chi connectivity index (χ0n) is 11.7. The number of nitrogens with one attached hydrogen (secondary N) is 1. The van der Waals surface area contributed by atoms with Crippen molar-refractivity contribution in [1.29, 1.82) is 0 Å². The minimum absolute atomic E-state index is 0.185. The predicted molar refractivity (Wildman–Crippen MR) is 75.3 cm³/mol. The number of nitrogens with two attached hydrogens (primary N) is 1. The maximum Gasteiger partial charge on any atom is 0.375 e. The van der Waals surface area contributed by atoms with Crippen LogP contribution in [0.5, 0.6) is 0 Å². The summed E-state index contributed by atoms with van der Waals surface area (Å²) >= 11 is 0. The second-order valence-electron chi connectivity index (χ2n) is 4.60. The van der Waals surface area contributed by atoms with E-state index in [1.165, 1.54) is 0 Å². The maximum atomic E-state index is 12.3. The standard InChI is InChI=1S/C14H17N3O4/c1-2-21-12(18)11(15)16-17-13(19)14(8-20-9-14)10-6-4-3-5-7-10/h3-7H,2,8-9H2,1H3,(H2,15,16)(H,17,19). The van der Waals surface area contributed by atoms with E-state index in [-0.39, 0.29) is 25.7 Å². The molecule has 0 aromatic heterocycles. The zero-order valence-corrected chi connectivity index (χ0v) is 11.7. The van der Waals surface area contributed by atoms with Crippen LogP contribution in [-0.2, 0) is 24.5 Å². The summed E-state index contributed by atoms with van der Waals surface area (Å²) < 4.78 is 9.85. The topological polar surface area (TPSA) is 103 Å². The molecule has 0 unspecified atom stereocenters. The van der Waals surface area contributed by atoms with Crippen molar-refractivity contribution in [2.45, 2.75) is 12.3 Å². The van der Waals surface area contributed by atoms with Crippen molar-refractivity contribution >= 4 is 17.7 Å². The van der Waals surface area contributed by atoms with Crippen LogP contribution in [0.4, 0.5) is 0 Å². The van der Waals surface area contributed by atoms with Gasteiger partial charge in [-0.1, -0.05) is 30.3 Å². The molecule has 0 spiro atoms. The lowest BCUT2D eigenvalue weighted by Gasteiger charge is -2.39. The minimum Gasteiger partial charge on any atom is -0.460 e. The first-order valence-electron chi connectivity index (χ1n) is 6.54. The van der Waals surface area contributed by atoms with E-state index in [0.29, 0.717) is 0 Å². The van der Waals surface area contributed by atoms with Crippen molar-refractivity contribution in [1.82, 2.24) is 5.43 Å². The lowest BCUT2D eigenvalue weighted by atomic mass is 9.78. The summed E-state index contributed by atoms with van der Waals surface area (Å²) in [5, 5.41) is 3.58. The molecule has 1 aliphatic heterocycles. The third kappa shape index (κ3) is 3.03. The van der Waals surface area contributed by atoms with Crippen LogP contribution in [0.3, 0.4) is 0 Å². The Hall–Kier alpha value is -2.41. The van der Waals surface area contributed by atoms with Crippen LogP contribution >= 0.6 is 0 Å². The summed E-state index contributed by atoms with van der Waals surface area (Å²) in [5.74, 6) is -1.53. The van der Waals surface area contributed by atoms with Gasteiger partial charge in [0.05, 0.1) is 19.8 Å². The van der Waals surface area contributed by atoms with Gasteiger partial charge in [0.1, 0.15) is 5.41 Å². The van der Waals surface area contributed by atoms with E-state index in [1.54, 1.807) is 6.92 Å². The van der Waals surface area contributed by atoms with E-state index in [4.69, 9.17) is 10.5 Å². The van der Waals surface area contributed by atoms with Crippen LogP contribution in [0.2, 0.25) is 0 Å². The summed E-state index contributed by atoms with van der Waals surface area (Å²) in [7, 11) is 0. The summed E-state index contributed by atoms with van der Waals surface area (Å²) in [6.07, 6.45) is 0. The van der Waals surface area contributed by atoms with Crippen LogP contribution in [0.25, 0.3) is 0 Å². The molecule has 1 heterocycles. The van der Waals surface area contributed by atoms with Gasteiger partial charge < -0.3 is 15.2 Å². The van der Waals surface area contributed by atoms with E-state index in [0.717, 1.165) is 5.56 Å². The van der Waals surface area contributed by atoms with E-state index >= 15 is 0 Å². The van der Waals surface area contributed by atoms with Crippen molar-refractivity contribution in [2.75, 3.05) is 19.8 Å². The molecule has 3 N–H and O–H groups in total. The first-order chi connectivity index (χ1) is 10.1. The van der Waals surface area contributed by atoms with Gasteiger partial charge in [-0.2, -0.15) is 0 Å². The van der Waals surface area contributed by atoms with Crippen LogP contribution in [0.15, 0.2) is 35.4 Å². The third-order valence-electron chi connectivity index (χ3n) is 3.22. The van der Waals surface area contributed by atoms with Gasteiger partial charge in [0.15, 0.2) is 0 Å². The van der Waals surface area contributed by atoms with Gasteiger partial charge in [0.25, 0.3) is 5.91 Å².